The topological polar surface area (TPSA) is 83.2 Å². The predicted octanol–water partition coefficient (Wildman–Crippen LogP) is 1.31. The van der Waals surface area contributed by atoms with Gasteiger partial charge in [-0.05, 0) is 59.4 Å². The quantitative estimate of drug-likeness (QED) is 0.260. The molecule has 134 valence electrons. The van der Waals surface area contributed by atoms with Gasteiger partial charge in [0.05, 0.1) is 5.71 Å². The highest BCUT2D eigenvalue weighted by molar-refractivity contribution is 6.31. The van der Waals surface area contributed by atoms with Crippen molar-refractivity contribution in [2.24, 2.45) is 21.7 Å². The fourth-order valence-electron chi connectivity index (χ4n) is 3.15. The van der Waals surface area contributed by atoms with Gasteiger partial charge in [-0.15, -0.1) is 0 Å². The molecule has 0 heterocycles. The predicted molar refractivity (Wildman–Crippen MR) is 100 cm³/mol. The van der Waals surface area contributed by atoms with Gasteiger partial charge < -0.3 is 21.4 Å². The van der Waals surface area contributed by atoms with Crippen molar-refractivity contribution in [1.29, 1.82) is 0 Å². The number of hydrazone groups is 1. The van der Waals surface area contributed by atoms with Gasteiger partial charge in [-0.3, -0.25) is 4.99 Å². The lowest BCUT2D eigenvalue weighted by molar-refractivity contribution is 0.181. The van der Waals surface area contributed by atoms with E-state index < -0.39 is 0 Å². The van der Waals surface area contributed by atoms with Crippen LogP contribution in [0.5, 0.6) is 0 Å². The minimum atomic E-state index is 0.342. The van der Waals surface area contributed by atoms with Gasteiger partial charge in [-0.1, -0.05) is 19.3 Å². The molecule has 0 aromatic carbocycles. The molecule has 0 aromatic heterocycles. The Hall–Kier alpha value is -0.980. The van der Waals surface area contributed by atoms with E-state index in [1.165, 1.54) is 45.1 Å². The molecule has 0 bridgehead atoms. The van der Waals surface area contributed by atoms with E-state index in [0.29, 0.717) is 12.3 Å². The first-order valence-corrected chi connectivity index (χ1v) is 9.02. The largest absolute Gasteiger partial charge is 0.325 e. The van der Waals surface area contributed by atoms with Gasteiger partial charge in [0.2, 0.25) is 0 Å². The van der Waals surface area contributed by atoms with Crippen LogP contribution < -0.4 is 11.6 Å². The second-order valence-electron chi connectivity index (χ2n) is 6.64. The van der Waals surface area contributed by atoms with Crippen molar-refractivity contribution in [2.45, 2.75) is 51.0 Å². The minimum absolute atomic E-state index is 0.342. The van der Waals surface area contributed by atoms with Crippen LogP contribution in [0, 0.1) is 0 Å². The van der Waals surface area contributed by atoms with Crippen molar-refractivity contribution in [3.63, 3.8) is 0 Å². The Bertz CT molecular complexity index is 349. The van der Waals surface area contributed by atoms with E-state index in [-0.39, 0.29) is 0 Å². The van der Waals surface area contributed by atoms with E-state index >= 15 is 0 Å². The third-order valence-corrected chi connectivity index (χ3v) is 4.69. The van der Waals surface area contributed by atoms with Crippen LogP contribution in [0.25, 0.3) is 0 Å². The molecule has 0 unspecified atom stereocenters. The van der Waals surface area contributed by atoms with Crippen LogP contribution in [0.2, 0.25) is 0 Å². The number of hydrogen-bond donors (Lipinski definition) is 2. The summed E-state index contributed by atoms with van der Waals surface area (Å²) < 4.78 is 0. The summed E-state index contributed by atoms with van der Waals surface area (Å²) in [5, 5.41) is 3.56. The summed E-state index contributed by atoms with van der Waals surface area (Å²) in [5.41, 5.74) is 6.11. The summed E-state index contributed by atoms with van der Waals surface area (Å²) in [6, 6.07) is 0.823. The van der Waals surface area contributed by atoms with E-state index in [0.717, 1.165) is 32.1 Å². The highest BCUT2D eigenvalue weighted by Crippen LogP contribution is 2.21. The Kier molecular flexibility index (Phi) is 10.9. The molecule has 0 amide bonds. The van der Waals surface area contributed by atoms with Crippen molar-refractivity contribution in [3.05, 3.63) is 0 Å². The Labute approximate surface area is 142 Å². The highest BCUT2D eigenvalue weighted by Gasteiger charge is 2.17. The van der Waals surface area contributed by atoms with Gasteiger partial charge in [0.1, 0.15) is 0 Å². The first kappa shape index (κ1) is 20.1. The molecular formula is C17H36N6. The zero-order valence-electron chi connectivity index (χ0n) is 15.1. The maximum atomic E-state index is 5.47. The molecule has 0 spiro atoms. The zero-order chi connectivity index (χ0) is 16.9. The first-order valence-electron chi connectivity index (χ1n) is 9.02. The van der Waals surface area contributed by atoms with Gasteiger partial charge in [0.15, 0.2) is 0 Å². The maximum absolute atomic E-state index is 5.47. The van der Waals surface area contributed by atoms with Gasteiger partial charge >= 0.3 is 0 Å². The smallest absolute Gasteiger partial charge is 0.0913 e. The van der Waals surface area contributed by atoms with Crippen molar-refractivity contribution < 1.29 is 0 Å². The van der Waals surface area contributed by atoms with Gasteiger partial charge in [-0.2, -0.15) is 5.10 Å². The fourth-order valence-corrected chi connectivity index (χ4v) is 3.15. The number of aliphatic imine (C=N–C) groups is 1. The number of nitrogens with two attached hydrogens (primary N) is 2. The van der Waals surface area contributed by atoms with Gasteiger partial charge in [0, 0.05) is 25.3 Å². The normalized spacial score (nSPS) is 17.7. The standard InChI is InChI=1S/C17H36N6/c1-22(11-6-10-20-15-16(14-18)21-19)12-7-13-23(2)17-8-4-3-5-9-17/h15,17H,3-14,18-19H2,1-2H3. The average Bonchev–Trinajstić information content (AvgIpc) is 2.58. The summed E-state index contributed by atoms with van der Waals surface area (Å²) in [7, 11) is 4.48. The molecule has 23 heavy (non-hydrogen) atoms. The second kappa shape index (κ2) is 12.4. The summed E-state index contributed by atoms with van der Waals surface area (Å²) >= 11 is 0. The van der Waals surface area contributed by atoms with Crippen LogP contribution >= 0.6 is 0 Å². The van der Waals surface area contributed by atoms with Crippen LogP contribution in [-0.2, 0) is 0 Å². The molecule has 6 heteroatoms. The van der Waals surface area contributed by atoms with Crippen molar-refractivity contribution in [1.82, 2.24) is 9.80 Å². The van der Waals surface area contributed by atoms with Gasteiger partial charge in [-0.25, -0.2) is 0 Å². The summed E-state index contributed by atoms with van der Waals surface area (Å²) in [5.74, 6) is 5.18. The maximum Gasteiger partial charge on any atom is 0.0913 e. The van der Waals surface area contributed by atoms with Crippen molar-refractivity contribution in [2.75, 3.05) is 46.8 Å². The molecule has 0 aliphatic heterocycles. The van der Waals surface area contributed by atoms with E-state index in [1.807, 2.05) is 0 Å². The Balaban J connectivity index is 2.04. The van der Waals surface area contributed by atoms with Crippen LogP contribution in [0.1, 0.15) is 44.9 Å². The second-order valence-corrected chi connectivity index (χ2v) is 6.64. The third-order valence-electron chi connectivity index (χ3n) is 4.69. The molecule has 1 fully saturated rings. The molecule has 0 aromatic rings. The number of hydrogen-bond acceptors (Lipinski definition) is 6. The monoisotopic (exact) mass is 324 g/mol. The van der Waals surface area contributed by atoms with Crippen LogP contribution in [0.4, 0.5) is 0 Å². The molecule has 1 saturated carbocycles. The first-order chi connectivity index (χ1) is 11.2. The lowest BCUT2D eigenvalue weighted by Crippen LogP contribution is -2.35. The van der Waals surface area contributed by atoms with Crippen LogP contribution in [-0.4, -0.2) is 74.6 Å². The van der Waals surface area contributed by atoms with Crippen molar-refractivity contribution in [3.8, 4) is 0 Å². The lowest BCUT2D eigenvalue weighted by Gasteiger charge is -2.31. The Morgan fingerprint density at radius 3 is 2.43 bits per heavy atom. The minimum Gasteiger partial charge on any atom is -0.325 e. The van der Waals surface area contributed by atoms with E-state index in [9.17, 15) is 0 Å². The summed E-state index contributed by atoms with van der Waals surface area (Å²) in [4.78, 5) is 9.27. The van der Waals surface area contributed by atoms with Gasteiger partial charge in [0.25, 0.3) is 0 Å². The molecule has 0 saturated heterocycles. The van der Waals surface area contributed by atoms with Crippen LogP contribution in [0.3, 0.4) is 0 Å². The van der Waals surface area contributed by atoms with Crippen LogP contribution in [0.15, 0.2) is 10.1 Å². The molecule has 1 aliphatic rings. The molecule has 0 radical (unpaired) electrons. The fraction of sp³-hybridized carbons (Fsp3) is 0.882. The molecule has 1 aliphatic carbocycles. The SMILES string of the molecule is CN(CCCN=CC(CN)=NN)CCCN(C)C1CCCCC1. The number of rotatable bonds is 11. The summed E-state index contributed by atoms with van der Waals surface area (Å²) in [6.07, 6.45) is 11.0. The van der Waals surface area contributed by atoms with E-state index in [1.54, 1.807) is 6.21 Å². The zero-order valence-corrected chi connectivity index (χ0v) is 15.1. The molecule has 0 atom stereocenters. The van der Waals surface area contributed by atoms with E-state index in [4.69, 9.17) is 11.6 Å². The highest BCUT2D eigenvalue weighted by atomic mass is 15.1. The molecule has 4 N–H and O–H groups in total. The molecular weight excluding hydrogens is 288 g/mol. The number of nitrogens with zero attached hydrogens (tertiary/aromatic N) is 4. The Morgan fingerprint density at radius 2 is 1.78 bits per heavy atom. The lowest BCUT2D eigenvalue weighted by atomic mass is 9.94. The Morgan fingerprint density at radius 1 is 1.09 bits per heavy atom. The summed E-state index contributed by atoms with van der Waals surface area (Å²) in [6.45, 7) is 4.57. The third kappa shape index (κ3) is 9.03. The molecule has 6 nitrogen and oxygen atoms in total. The molecule has 1 rings (SSSR count). The average molecular weight is 325 g/mol. The van der Waals surface area contributed by atoms with E-state index in [2.05, 4.69) is 34.0 Å². The van der Waals surface area contributed by atoms with Crippen molar-refractivity contribution >= 4 is 11.9 Å².